The van der Waals surface area contributed by atoms with E-state index in [4.69, 9.17) is 0 Å². The Labute approximate surface area is 94.1 Å². The Morgan fingerprint density at radius 2 is 2.00 bits per heavy atom. The molecule has 7 heteroatoms. The van der Waals surface area contributed by atoms with Crippen LogP contribution in [0.25, 0.3) is 0 Å². The normalized spacial score (nSPS) is 30.8. The molecule has 16 heavy (non-hydrogen) atoms. The lowest BCUT2D eigenvalue weighted by molar-refractivity contribution is 0.448. The van der Waals surface area contributed by atoms with Crippen molar-refractivity contribution in [3.8, 4) is 0 Å². The number of aromatic amines is 1. The van der Waals surface area contributed by atoms with E-state index in [0.29, 0.717) is 24.9 Å². The second kappa shape index (κ2) is 3.54. The highest BCUT2D eigenvalue weighted by Crippen LogP contribution is 2.30. The summed E-state index contributed by atoms with van der Waals surface area (Å²) in [5.74, 6) is 0.948. The van der Waals surface area contributed by atoms with Crippen LogP contribution in [0.2, 0.25) is 0 Å². The van der Waals surface area contributed by atoms with Gasteiger partial charge in [0.15, 0.2) is 0 Å². The molecule has 2 saturated heterocycles. The van der Waals surface area contributed by atoms with E-state index in [-0.39, 0.29) is 4.90 Å². The Morgan fingerprint density at radius 1 is 1.31 bits per heavy atom. The van der Waals surface area contributed by atoms with Crippen LogP contribution in [-0.4, -0.2) is 49.1 Å². The molecule has 2 aliphatic heterocycles. The molecule has 2 atom stereocenters. The minimum Gasteiger partial charge on any atom is -0.316 e. The standard InChI is InChI=1S/C9H14N4O2S/c14-16(15,9-3-11-12-4-9)13-5-7-1-10-2-8(7)6-13/h3-4,7-8,10H,1-2,5-6H2,(H,11,12). The van der Waals surface area contributed by atoms with Crippen LogP contribution in [-0.2, 0) is 10.0 Å². The summed E-state index contributed by atoms with van der Waals surface area (Å²) >= 11 is 0. The van der Waals surface area contributed by atoms with Crippen LogP contribution in [0.4, 0.5) is 0 Å². The fourth-order valence-corrected chi connectivity index (χ4v) is 4.00. The Morgan fingerprint density at radius 3 is 2.56 bits per heavy atom. The summed E-state index contributed by atoms with van der Waals surface area (Å²) < 4.78 is 25.9. The van der Waals surface area contributed by atoms with Crippen LogP contribution in [0, 0.1) is 11.8 Å². The molecule has 3 rings (SSSR count). The van der Waals surface area contributed by atoms with Crippen molar-refractivity contribution in [1.29, 1.82) is 0 Å². The average molecular weight is 242 g/mol. The van der Waals surface area contributed by atoms with Crippen LogP contribution in [0.3, 0.4) is 0 Å². The Hall–Kier alpha value is -0.920. The molecular formula is C9H14N4O2S. The highest BCUT2D eigenvalue weighted by molar-refractivity contribution is 7.89. The van der Waals surface area contributed by atoms with Crippen molar-refractivity contribution in [3.05, 3.63) is 12.4 Å². The number of fused-ring (bicyclic) bond motifs is 1. The summed E-state index contributed by atoms with van der Waals surface area (Å²) in [7, 11) is -3.33. The summed E-state index contributed by atoms with van der Waals surface area (Å²) in [6.45, 7) is 3.13. The van der Waals surface area contributed by atoms with Crippen molar-refractivity contribution in [1.82, 2.24) is 19.8 Å². The quantitative estimate of drug-likeness (QED) is 0.715. The Kier molecular flexibility index (Phi) is 2.27. The first-order valence-electron chi connectivity index (χ1n) is 5.37. The largest absolute Gasteiger partial charge is 0.316 e. The maximum absolute atomic E-state index is 12.2. The molecule has 2 fully saturated rings. The first-order chi connectivity index (χ1) is 7.68. The van der Waals surface area contributed by atoms with Gasteiger partial charge in [0.1, 0.15) is 4.90 Å². The van der Waals surface area contributed by atoms with E-state index in [9.17, 15) is 8.42 Å². The zero-order chi connectivity index (χ0) is 11.2. The lowest BCUT2D eigenvalue weighted by atomic mass is 10.0. The molecule has 0 spiro atoms. The van der Waals surface area contributed by atoms with E-state index in [1.165, 1.54) is 12.4 Å². The number of aromatic nitrogens is 2. The molecule has 0 radical (unpaired) electrons. The van der Waals surface area contributed by atoms with Gasteiger partial charge in [-0.05, 0) is 24.9 Å². The van der Waals surface area contributed by atoms with Gasteiger partial charge in [-0.25, -0.2) is 8.42 Å². The fraction of sp³-hybridized carbons (Fsp3) is 0.667. The molecule has 0 aromatic carbocycles. The lowest BCUT2D eigenvalue weighted by Gasteiger charge is -2.15. The molecule has 1 aromatic heterocycles. The fourth-order valence-electron chi connectivity index (χ4n) is 2.54. The lowest BCUT2D eigenvalue weighted by Crippen LogP contribution is -2.31. The summed E-state index contributed by atoms with van der Waals surface area (Å²) in [5.41, 5.74) is 0. The molecular weight excluding hydrogens is 228 g/mol. The molecule has 0 bridgehead atoms. The van der Waals surface area contributed by atoms with Crippen LogP contribution in [0.1, 0.15) is 0 Å². The third-order valence-corrected chi connectivity index (χ3v) is 5.26. The predicted molar refractivity (Wildman–Crippen MR) is 57.2 cm³/mol. The van der Waals surface area contributed by atoms with Gasteiger partial charge >= 0.3 is 0 Å². The summed E-state index contributed by atoms with van der Waals surface area (Å²) in [6, 6.07) is 0. The SMILES string of the molecule is O=S(=O)(c1cn[nH]c1)N1CC2CNCC2C1. The molecule has 1 aromatic rings. The molecule has 0 saturated carbocycles. The minimum absolute atomic E-state index is 0.264. The van der Waals surface area contributed by atoms with Crippen molar-refractivity contribution in [2.45, 2.75) is 4.90 Å². The summed E-state index contributed by atoms with van der Waals surface area (Å²) in [5, 5.41) is 9.52. The first kappa shape index (κ1) is 10.2. The molecule has 6 nitrogen and oxygen atoms in total. The van der Waals surface area contributed by atoms with Crippen LogP contribution < -0.4 is 5.32 Å². The van der Waals surface area contributed by atoms with E-state index in [1.807, 2.05) is 0 Å². The minimum atomic E-state index is -3.33. The van der Waals surface area contributed by atoms with Gasteiger partial charge in [0, 0.05) is 19.3 Å². The van der Waals surface area contributed by atoms with Gasteiger partial charge in [0.25, 0.3) is 0 Å². The van der Waals surface area contributed by atoms with Crippen molar-refractivity contribution in [2.24, 2.45) is 11.8 Å². The highest BCUT2D eigenvalue weighted by atomic mass is 32.2. The molecule has 2 unspecified atom stereocenters. The zero-order valence-electron chi connectivity index (χ0n) is 8.76. The number of H-pyrrole nitrogens is 1. The van der Waals surface area contributed by atoms with Gasteiger partial charge in [-0.2, -0.15) is 9.40 Å². The van der Waals surface area contributed by atoms with Crippen LogP contribution >= 0.6 is 0 Å². The Balaban J connectivity index is 1.85. The van der Waals surface area contributed by atoms with Gasteiger partial charge < -0.3 is 5.32 Å². The molecule has 3 heterocycles. The maximum atomic E-state index is 12.2. The number of sulfonamides is 1. The van der Waals surface area contributed by atoms with Crippen LogP contribution in [0.5, 0.6) is 0 Å². The average Bonchev–Trinajstić information content (AvgIpc) is 2.94. The predicted octanol–water partition coefficient (Wildman–Crippen LogP) is -0.750. The van der Waals surface area contributed by atoms with Crippen molar-refractivity contribution in [2.75, 3.05) is 26.2 Å². The van der Waals surface area contributed by atoms with E-state index in [1.54, 1.807) is 4.31 Å². The smallest absolute Gasteiger partial charge is 0.246 e. The summed E-state index contributed by atoms with van der Waals surface area (Å²) in [6.07, 6.45) is 2.80. The van der Waals surface area contributed by atoms with E-state index < -0.39 is 10.0 Å². The van der Waals surface area contributed by atoms with Gasteiger partial charge in [-0.15, -0.1) is 0 Å². The topological polar surface area (TPSA) is 78.1 Å². The number of hydrogen-bond donors (Lipinski definition) is 2. The second-order valence-corrected chi connectivity index (χ2v) is 6.37. The molecule has 0 aliphatic carbocycles. The number of nitrogens with zero attached hydrogens (tertiary/aromatic N) is 2. The van der Waals surface area contributed by atoms with Crippen LogP contribution in [0.15, 0.2) is 17.3 Å². The highest BCUT2D eigenvalue weighted by Gasteiger charge is 2.41. The number of rotatable bonds is 2. The first-order valence-corrected chi connectivity index (χ1v) is 6.81. The molecule has 2 N–H and O–H groups in total. The second-order valence-electron chi connectivity index (χ2n) is 4.43. The van der Waals surface area contributed by atoms with Gasteiger partial charge in [0.2, 0.25) is 10.0 Å². The third-order valence-electron chi connectivity index (χ3n) is 3.47. The molecule has 88 valence electrons. The van der Waals surface area contributed by atoms with Crippen molar-refractivity contribution in [3.63, 3.8) is 0 Å². The van der Waals surface area contributed by atoms with E-state index in [0.717, 1.165) is 13.1 Å². The van der Waals surface area contributed by atoms with Crippen molar-refractivity contribution < 1.29 is 8.42 Å². The summed E-state index contributed by atoms with van der Waals surface area (Å²) in [4.78, 5) is 0.264. The van der Waals surface area contributed by atoms with Gasteiger partial charge in [-0.3, -0.25) is 5.10 Å². The molecule has 2 aliphatic rings. The van der Waals surface area contributed by atoms with Gasteiger partial charge in [-0.1, -0.05) is 0 Å². The number of hydrogen-bond acceptors (Lipinski definition) is 4. The number of nitrogens with one attached hydrogen (secondary N) is 2. The molecule has 0 amide bonds. The zero-order valence-corrected chi connectivity index (χ0v) is 9.57. The van der Waals surface area contributed by atoms with E-state index in [2.05, 4.69) is 15.5 Å². The third kappa shape index (κ3) is 1.47. The monoisotopic (exact) mass is 242 g/mol. The van der Waals surface area contributed by atoms with Crippen molar-refractivity contribution >= 4 is 10.0 Å². The van der Waals surface area contributed by atoms with Gasteiger partial charge in [0.05, 0.1) is 6.20 Å². The van der Waals surface area contributed by atoms with E-state index >= 15 is 0 Å². The Bertz CT molecular complexity index is 458. The maximum Gasteiger partial charge on any atom is 0.246 e.